The van der Waals surface area contributed by atoms with E-state index < -0.39 is 0 Å². The molecule has 0 saturated heterocycles. The molecule has 1 aliphatic carbocycles. The third kappa shape index (κ3) is 3.41. The molecule has 0 aromatic heterocycles. The Kier molecular flexibility index (Phi) is 4.03. The molecule has 2 rings (SSSR count). The van der Waals surface area contributed by atoms with Crippen LogP contribution in [0.4, 0.5) is 0 Å². The SMILES string of the molecule is C/C=C/C1C[C@H]1CCCOc1ccccc1. The highest BCUT2D eigenvalue weighted by Crippen LogP contribution is 2.42. The Morgan fingerprint density at radius 1 is 1.31 bits per heavy atom. The maximum atomic E-state index is 5.66. The Labute approximate surface area is 98.1 Å². The number of para-hydroxylation sites is 1. The summed E-state index contributed by atoms with van der Waals surface area (Å²) in [6.07, 6.45) is 8.37. The lowest BCUT2D eigenvalue weighted by molar-refractivity contribution is 0.302. The van der Waals surface area contributed by atoms with Gasteiger partial charge in [-0.3, -0.25) is 0 Å². The van der Waals surface area contributed by atoms with Gasteiger partial charge in [-0.25, -0.2) is 0 Å². The first kappa shape index (κ1) is 11.3. The van der Waals surface area contributed by atoms with E-state index in [2.05, 4.69) is 19.1 Å². The molecule has 16 heavy (non-hydrogen) atoms. The molecule has 1 aliphatic rings. The molecule has 0 N–H and O–H groups in total. The van der Waals surface area contributed by atoms with Crippen molar-refractivity contribution in [1.82, 2.24) is 0 Å². The van der Waals surface area contributed by atoms with E-state index in [4.69, 9.17) is 4.74 Å². The molecule has 2 atom stereocenters. The van der Waals surface area contributed by atoms with Crippen LogP contribution in [0.15, 0.2) is 42.5 Å². The topological polar surface area (TPSA) is 9.23 Å². The predicted octanol–water partition coefficient (Wildman–Crippen LogP) is 4.06. The van der Waals surface area contributed by atoms with Gasteiger partial charge in [0.15, 0.2) is 0 Å². The van der Waals surface area contributed by atoms with Gasteiger partial charge < -0.3 is 4.74 Å². The zero-order valence-electron chi connectivity index (χ0n) is 9.93. The predicted molar refractivity (Wildman–Crippen MR) is 67.6 cm³/mol. The number of hydrogen-bond acceptors (Lipinski definition) is 1. The first-order valence-corrected chi connectivity index (χ1v) is 6.21. The summed E-state index contributed by atoms with van der Waals surface area (Å²) in [7, 11) is 0. The average molecular weight is 216 g/mol. The number of ether oxygens (including phenoxy) is 1. The van der Waals surface area contributed by atoms with E-state index in [0.717, 1.165) is 24.2 Å². The summed E-state index contributed by atoms with van der Waals surface area (Å²) in [5.74, 6) is 2.78. The van der Waals surface area contributed by atoms with E-state index in [9.17, 15) is 0 Å². The van der Waals surface area contributed by atoms with Crippen LogP contribution in [0.2, 0.25) is 0 Å². The second kappa shape index (κ2) is 5.74. The fraction of sp³-hybridized carbons (Fsp3) is 0.467. The number of allylic oxidation sites excluding steroid dienone is 2. The molecule has 86 valence electrons. The normalized spacial score (nSPS) is 23.6. The van der Waals surface area contributed by atoms with Crippen molar-refractivity contribution < 1.29 is 4.74 Å². The van der Waals surface area contributed by atoms with Gasteiger partial charge in [-0.05, 0) is 50.2 Å². The van der Waals surface area contributed by atoms with E-state index in [1.54, 1.807) is 0 Å². The Morgan fingerprint density at radius 2 is 2.12 bits per heavy atom. The summed E-state index contributed by atoms with van der Waals surface area (Å²) >= 11 is 0. The first-order chi connectivity index (χ1) is 7.90. The molecule has 1 aromatic rings. The van der Waals surface area contributed by atoms with Crippen molar-refractivity contribution in [1.29, 1.82) is 0 Å². The Balaban J connectivity index is 1.57. The molecule has 1 heteroatoms. The monoisotopic (exact) mass is 216 g/mol. The van der Waals surface area contributed by atoms with Crippen LogP contribution in [0.3, 0.4) is 0 Å². The number of benzene rings is 1. The molecule has 0 bridgehead atoms. The highest BCUT2D eigenvalue weighted by Gasteiger charge is 2.33. The molecular formula is C15H20O. The minimum absolute atomic E-state index is 0.850. The molecule has 0 heterocycles. The van der Waals surface area contributed by atoms with Crippen molar-refractivity contribution >= 4 is 0 Å². The Bertz CT molecular complexity index is 329. The van der Waals surface area contributed by atoms with Crippen LogP contribution in [0.1, 0.15) is 26.2 Å². The average Bonchev–Trinajstić information content (AvgIpc) is 3.05. The summed E-state index contributed by atoms with van der Waals surface area (Å²) in [6.45, 7) is 2.96. The van der Waals surface area contributed by atoms with Crippen molar-refractivity contribution in [2.45, 2.75) is 26.2 Å². The zero-order valence-corrected chi connectivity index (χ0v) is 9.93. The van der Waals surface area contributed by atoms with Crippen LogP contribution in [-0.2, 0) is 0 Å². The maximum Gasteiger partial charge on any atom is 0.119 e. The van der Waals surface area contributed by atoms with Crippen molar-refractivity contribution in [2.75, 3.05) is 6.61 Å². The van der Waals surface area contributed by atoms with Gasteiger partial charge in [0.05, 0.1) is 6.61 Å². The number of hydrogen-bond donors (Lipinski definition) is 0. The van der Waals surface area contributed by atoms with Gasteiger partial charge in [0.1, 0.15) is 5.75 Å². The molecule has 0 spiro atoms. The van der Waals surface area contributed by atoms with E-state index in [0.29, 0.717) is 0 Å². The third-order valence-corrected chi connectivity index (χ3v) is 3.15. The maximum absolute atomic E-state index is 5.66. The van der Waals surface area contributed by atoms with Crippen LogP contribution < -0.4 is 4.74 Å². The third-order valence-electron chi connectivity index (χ3n) is 3.15. The Hall–Kier alpha value is -1.24. The highest BCUT2D eigenvalue weighted by molar-refractivity contribution is 5.20. The minimum atomic E-state index is 0.850. The molecule has 1 nitrogen and oxygen atoms in total. The first-order valence-electron chi connectivity index (χ1n) is 6.21. The van der Waals surface area contributed by atoms with Gasteiger partial charge in [-0.15, -0.1) is 0 Å². The molecule has 1 unspecified atom stereocenters. The van der Waals surface area contributed by atoms with Crippen molar-refractivity contribution in [2.24, 2.45) is 11.8 Å². The van der Waals surface area contributed by atoms with Crippen LogP contribution in [0.25, 0.3) is 0 Å². The summed E-state index contributed by atoms with van der Waals surface area (Å²) < 4.78 is 5.66. The lowest BCUT2D eigenvalue weighted by Gasteiger charge is -2.04. The highest BCUT2D eigenvalue weighted by atomic mass is 16.5. The van der Waals surface area contributed by atoms with E-state index in [1.807, 2.05) is 30.3 Å². The Morgan fingerprint density at radius 3 is 2.88 bits per heavy atom. The van der Waals surface area contributed by atoms with Gasteiger partial charge in [0, 0.05) is 0 Å². The molecule has 0 radical (unpaired) electrons. The van der Waals surface area contributed by atoms with Gasteiger partial charge in [-0.2, -0.15) is 0 Å². The van der Waals surface area contributed by atoms with Gasteiger partial charge in [0.25, 0.3) is 0 Å². The smallest absolute Gasteiger partial charge is 0.119 e. The zero-order chi connectivity index (χ0) is 11.2. The van der Waals surface area contributed by atoms with Crippen molar-refractivity contribution in [3.05, 3.63) is 42.5 Å². The van der Waals surface area contributed by atoms with E-state index >= 15 is 0 Å². The minimum Gasteiger partial charge on any atom is -0.494 e. The molecule has 0 amide bonds. The standard InChI is InChI=1S/C15H20O/c1-2-7-13-12-14(13)8-6-11-16-15-9-4-3-5-10-15/h2-5,7,9-10,13-14H,6,8,11-12H2,1H3/b7-2+/t13?,14-/m1/s1. The quantitative estimate of drug-likeness (QED) is 0.514. The lowest BCUT2D eigenvalue weighted by Crippen LogP contribution is -1.97. The molecule has 1 saturated carbocycles. The fourth-order valence-corrected chi connectivity index (χ4v) is 2.14. The van der Waals surface area contributed by atoms with Gasteiger partial charge in [-0.1, -0.05) is 30.4 Å². The summed E-state index contributed by atoms with van der Waals surface area (Å²) in [5, 5.41) is 0. The van der Waals surface area contributed by atoms with Crippen LogP contribution in [-0.4, -0.2) is 6.61 Å². The number of rotatable bonds is 6. The van der Waals surface area contributed by atoms with Crippen molar-refractivity contribution in [3.63, 3.8) is 0 Å². The van der Waals surface area contributed by atoms with Crippen LogP contribution in [0, 0.1) is 11.8 Å². The van der Waals surface area contributed by atoms with Crippen molar-refractivity contribution in [3.8, 4) is 5.75 Å². The van der Waals surface area contributed by atoms with E-state index in [1.165, 1.54) is 19.3 Å². The summed E-state index contributed by atoms with van der Waals surface area (Å²) in [6, 6.07) is 10.1. The van der Waals surface area contributed by atoms with Gasteiger partial charge >= 0.3 is 0 Å². The fourth-order valence-electron chi connectivity index (χ4n) is 2.14. The summed E-state index contributed by atoms with van der Waals surface area (Å²) in [5.41, 5.74) is 0. The molecule has 1 aromatic carbocycles. The molecule has 1 fully saturated rings. The van der Waals surface area contributed by atoms with Gasteiger partial charge in [0.2, 0.25) is 0 Å². The van der Waals surface area contributed by atoms with Crippen LogP contribution in [0.5, 0.6) is 5.75 Å². The van der Waals surface area contributed by atoms with E-state index in [-0.39, 0.29) is 0 Å². The second-order valence-corrected chi connectivity index (χ2v) is 4.49. The second-order valence-electron chi connectivity index (χ2n) is 4.49. The molecular weight excluding hydrogens is 196 g/mol. The lowest BCUT2D eigenvalue weighted by atomic mass is 10.2. The largest absolute Gasteiger partial charge is 0.494 e. The molecule has 0 aliphatic heterocycles. The summed E-state index contributed by atoms with van der Waals surface area (Å²) in [4.78, 5) is 0. The van der Waals surface area contributed by atoms with Crippen LogP contribution >= 0.6 is 0 Å².